The minimum atomic E-state index is 0.416. The van der Waals surface area contributed by atoms with E-state index in [9.17, 15) is 0 Å². The van der Waals surface area contributed by atoms with Gasteiger partial charge in [0.15, 0.2) is 0 Å². The number of hydrogen-bond donors (Lipinski definition) is 1. The number of likely N-dealkylation sites (N-methyl/N-ethyl adjacent to an activating group) is 1. The van der Waals surface area contributed by atoms with Crippen LogP contribution in [0.25, 0.3) is 0 Å². The molecule has 0 saturated carbocycles. The summed E-state index contributed by atoms with van der Waals surface area (Å²) in [5, 5.41) is 3.33. The molecule has 1 aromatic carbocycles. The van der Waals surface area contributed by atoms with Gasteiger partial charge >= 0.3 is 0 Å². The molecule has 2 unspecified atom stereocenters. The Morgan fingerprint density at radius 3 is 2.17 bits per heavy atom. The minimum absolute atomic E-state index is 0.416. The third kappa shape index (κ3) is 4.34. The first kappa shape index (κ1) is 15.0. The van der Waals surface area contributed by atoms with E-state index < -0.39 is 0 Å². The van der Waals surface area contributed by atoms with Crippen LogP contribution in [0.2, 0.25) is 0 Å². The zero-order valence-electron chi connectivity index (χ0n) is 12.4. The molecular formula is C16H27NO. The molecule has 0 fully saturated rings. The van der Waals surface area contributed by atoms with Gasteiger partial charge in [-0.15, -0.1) is 0 Å². The van der Waals surface area contributed by atoms with Crippen molar-refractivity contribution >= 4 is 0 Å². The van der Waals surface area contributed by atoms with Gasteiger partial charge in [0.25, 0.3) is 0 Å². The average Bonchev–Trinajstić information content (AvgIpc) is 2.39. The van der Waals surface area contributed by atoms with Gasteiger partial charge < -0.3 is 10.1 Å². The number of nitrogens with one attached hydrogen (secondary N) is 1. The van der Waals surface area contributed by atoms with Gasteiger partial charge in [0, 0.05) is 6.04 Å². The molecule has 2 nitrogen and oxygen atoms in total. The van der Waals surface area contributed by atoms with Crippen LogP contribution >= 0.6 is 0 Å². The first-order chi connectivity index (χ1) is 8.58. The van der Waals surface area contributed by atoms with Crippen molar-refractivity contribution in [3.05, 3.63) is 29.8 Å². The topological polar surface area (TPSA) is 21.3 Å². The van der Waals surface area contributed by atoms with Crippen molar-refractivity contribution in [3.63, 3.8) is 0 Å². The maximum absolute atomic E-state index is 5.85. The second kappa shape index (κ2) is 7.42. The molecule has 0 aliphatic heterocycles. The normalized spacial score (nSPS) is 14.6. The summed E-state index contributed by atoms with van der Waals surface area (Å²) < 4.78 is 5.85. The van der Waals surface area contributed by atoms with E-state index in [4.69, 9.17) is 4.74 Å². The molecule has 2 atom stereocenters. The summed E-state index contributed by atoms with van der Waals surface area (Å²) >= 11 is 0. The van der Waals surface area contributed by atoms with Gasteiger partial charge in [-0.25, -0.2) is 0 Å². The van der Waals surface area contributed by atoms with Gasteiger partial charge in [0.1, 0.15) is 12.4 Å². The molecule has 0 radical (unpaired) electrons. The fraction of sp³-hybridized carbons (Fsp3) is 0.625. The molecule has 1 N–H and O–H groups in total. The SMILES string of the molecule is CCC(C)C(COc1ccc(C(C)C)cc1)NC. The molecule has 0 bridgehead atoms. The fourth-order valence-electron chi connectivity index (χ4n) is 1.95. The number of ether oxygens (including phenoxy) is 1. The average molecular weight is 249 g/mol. The quantitative estimate of drug-likeness (QED) is 0.793. The van der Waals surface area contributed by atoms with Gasteiger partial charge in [-0.2, -0.15) is 0 Å². The van der Waals surface area contributed by atoms with Gasteiger partial charge in [-0.05, 0) is 36.6 Å². The summed E-state index contributed by atoms with van der Waals surface area (Å²) in [6, 6.07) is 8.85. The van der Waals surface area contributed by atoms with Crippen LogP contribution in [0.15, 0.2) is 24.3 Å². The van der Waals surface area contributed by atoms with Crippen LogP contribution in [0.5, 0.6) is 5.75 Å². The van der Waals surface area contributed by atoms with Crippen LogP contribution in [0.1, 0.15) is 45.6 Å². The lowest BCUT2D eigenvalue weighted by atomic mass is 10.0. The fourth-order valence-corrected chi connectivity index (χ4v) is 1.95. The van der Waals surface area contributed by atoms with Crippen molar-refractivity contribution in [2.75, 3.05) is 13.7 Å². The zero-order chi connectivity index (χ0) is 13.5. The molecule has 0 aromatic heterocycles. The smallest absolute Gasteiger partial charge is 0.119 e. The maximum atomic E-state index is 5.85. The molecule has 0 amide bonds. The molecule has 1 rings (SSSR count). The molecule has 0 saturated heterocycles. The molecular weight excluding hydrogens is 222 g/mol. The Morgan fingerprint density at radius 1 is 1.11 bits per heavy atom. The molecule has 18 heavy (non-hydrogen) atoms. The summed E-state index contributed by atoms with van der Waals surface area (Å²) in [5.74, 6) is 2.16. The van der Waals surface area contributed by atoms with Crippen molar-refractivity contribution in [2.24, 2.45) is 5.92 Å². The standard InChI is InChI=1S/C16H27NO/c1-6-13(4)16(17-5)11-18-15-9-7-14(8-10-15)12(2)3/h7-10,12-13,16-17H,6,11H2,1-5H3. The van der Waals surface area contributed by atoms with Crippen LogP contribution in [-0.4, -0.2) is 19.7 Å². The number of hydrogen-bond acceptors (Lipinski definition) is 2. The monoisotopic (exact) mass is 249 g/mol. The summed E-state index contributed by atoms with van der Waals surface area (Å²) in [5.41, 5.74) is 1.36. The van der Waals surface area contributed by atoms with Gasteiger partial charge in [-0.1, -0.05) is 46.2 Å². The van der Waals surface area contributed by atoms with Crippen LogP contribution in [0.4, 0.5) is 0 Å². The predicted molar refractivity (Wildman–Crippen MR) is 78.3 cm³/mol. The Morgan fingerprint density at radius 2 is 1.72 bits per heavy atom. The molecule has 0 aliphatic carbocycles. The maximum Gasteiger partial charge on any atom is 0.119 e. The molecule has 102 valence electrons. The molecule has 0 spiro atoms. The first-order valence-electron chi connectivity index (χ1n) is 6.98. The molecule has 0 heterocycles. The Balaban J connectivity index is 2.52. The van der Waals surface area contributed by atoms with E-state index in [1.165, 1.54) is 12.0 Å². The Hall–Kier alpha value is -1.02. The second-order valence-electron chi connectivity index (χ2n) is 5.32. The third-order valence-corrected chi connectivity index (χ3v) is 3.68. The summed E-state index contributed by atoms with van der Waals surface area (Å²) in [6.45, 7) is 9.61. The van der Waals surface area contributed by atoms with E-state index >= 15 is 0 Å². The molecule has 2 heteroatoms. The molecule has 0 aliphatic rings. The van der Waals surface area contributed by atoms with Crippen molar-refractivity contribution in [1.82, 2.24) is 5.32 Å². The summed E-state index contributed by atoms with van der Waals surface area (Å²) in [6.07, 6.45) is 1.17. The first-order valence-corrected chi connectivity index (χ1v) is 6.98. The predicted octanol–water partition coefficient (Wildman–Crippen LogP) is 3.82. The number of rotatable bonds is 7. The summed E-state index contributed by atoms with van der Waals surface area (Å²) in [7, 11) is 2.00. The van der Waals surface area contributed by atoms with Crippen molar-refractivity contribution in [3.8, 4) is 5.75 Å². The Bertz CT molecular complexity index is 331. The van der Waals surface area contributed by atoms with Crippen LogP contribution in [0, 0.1) is 5.92 Å². The van der Waals surface area contributed by atoms with E-state index in [1.807, 2.05) is 7.05 Å². The summed E-state index contributed by atoms with van der Waals surface area (Å²) in [4.78, 5) is 0. The van der Waals surface area contributed by atoms with Crippen LogP contribution in [0.3, 0.4) is 0 Å². The van der Waals surface area contributed by atoms with Gasteiger partial charge in [-0.3, -0.25) is 0 Å². The van der Waals surface area contributed by atoms with Crippen molar-refractivity contribution in [2.45, 2.75) is 46.1 Å². The zero-order valence-corrected chi connectivity index (χ0v) is 12.4. The highest BCUT2D eigenvalue weighted by Crippen LogP contribution is 2.19. The lowest BCUT2D eigenvalue weighted by Crippen LogP contribution is -2.37. The van der Waals surface area contributed by atoms with Crippen molar-refractivity contribution < 1.29 is 4.74 Å². The third-order valence-electron chi connectivity index (χ3n) is 3.68. The lowest BCUT2D eigenvalue weighted by Gasteiger charge is -2.22. The van der Waals surface area contributed by atoms with E-state index in [-0.39, 0.29) is 0 Å². The van der Waals surface area contributed by atoms with E-state index in [1.54, 1.807) is 0 Å². The van der Waals surface area contributed by atoms with Crippen LogP contribution in [-0.2, 0) is 0 Å². The van der Waals surface area contributed by atoms with Crippen molar-refractivity contribution in [1.29, 1.82) is 0 Å². The van der Waals surface area contributed by atoms with Crippen LogP contribution < -0.4 is 10.1 Å². The highest BCUT2D eigenvalue weighted by molar-refractivity contribution is 5.28. The van der Waals surface area contributed by atoms with E-state index in [2.05, 4.69) is 57.3 Å². The van der Waals surface area contributed by atoms with E-state index in [0.717, 1.165) is 12.4 Å². The second-order valence-corrected chi connectivity index (χ2v) is 5.32. The Labute approximate surface area is 112 Å². The highest BCUT2D eigenvalue weighted by Gasteiger charge is 2.14. The van der Waals surface area contributed by atoms with Gasteiger partial charge in [0.05, 0.1) is 0 Å². The van der Waals surface area contributed by atoms with E-state index in [0.29, 0.717) is 17.9 Å². The van der Waals surface area contributed by atoms with Gasteiger partial charge in [0.2, 0.25) is 0 Å². The number of benzene rings is 1. The molecule has 1 aromatic rings. The Kier molecular flexibility index (Phi) is 6.20. The highest BCUT2D eigenvalue weighted by atomic mass is 16.5. The largest absolute Gasteiger partial charge is 0.492 e. The minimum Gasteiger partial charge on any atom is -0.492 e. The lowest BCUT2D eigenvalue weighted by molar-refractivity contribution is 0.228.